The first kappa shape index (κ1) is 20.1. The zero-order valence-corrected chi connectivity index (χ0v) is 17.6. The smallest absolute Gasteiger partial charge is 0.240 e. The lowest BCUT2D eigenvalue weighted by molar-refractivity contribution is -0.130. The predicted octanol–water partition coefficient (Wildman–Crippen LogP) is 2.75. The Bertz CT molecular complexity index is 942. The summed E-state index contributed by atoms with van der Waals surface area (Å²) in [5.41, 5.74) is 7.97. The van der Waals surface area contributed by atoms with E-state index in [2.05, 4.69) is 58.7 Å². The van der Waals surface area contributed by atoms with E-state index in [0.29, 0.717) is 12.8 Å². The third-order valence-corrected chi connectivity index (χ3v) is 5.90. The zero-order chi connectivity index (χ0) is 21.1. The van der Waals surface area contributed by atoms with Crippen LogP contribution in [0, 0.1) is 12.8 Å². The van der Waals surface area contributed by atoms with E-state index in [9.17, 15) is 9.59 Å². The molecule has 30 heavy (non-hydrogen) atoms. The molecule has 156 valence electrons. The van der Waals surface area contributed by atoms with Gasteiger partial charge in [-0.1, -0.05) is 48.9 Å². The number of carbonyl (C=O) groups is 2. The maximum atomic E-state index is 12.6. The van der Waals surface area contributed by atoms with E-state index in [1.165, 1.54) is 5.56 Å². The van der Waals surface area contributed by atoms with Crippen molar-refractivity contribution in [2.75, 3.05) is 31.1 Å². The monoisotopic (exact) mass is 404 g/mol. The highest BCUT2D eigenvalue weighted by Crippen LogP contribution is 2.21. The molecule has 0 radical (unpaired) electrons. The number of carbonyl (C=O) groups excluding carboxylic acids is 2. The van der Waals surface area contributed by atoms with Gasteiger partial charge < -0.3 is 9.80 Å². The molecule has 1 atom stereocenters. The molecule has 0 aromatic heterocycles. The van der Waals surface area contributed by atoms with Crippen LogP contribution >= 0.6 is 0 Å². The second-order valence-corrected chi connectivity index (χ2v) is 8.21. The fourth-order valence-corrected chi connectivity index (χ4v) is 4.05. The topological polar surface area (TPSA) is 65.0 Å². The number of hydrazone groups is 1. The van der Waals surface area contributed by atoms with Crippen LogP contribution in [-0.2, 0) is 16.0 Å². The fourth-order valence-electron chi connectivity index (χ4n) is 4.05. The summed E-state index contributed by atoms with van der Waals surface area (Å²) >= 11 is 0. The number of amides is 2. The van der Waals surface area contributed by atoms with Crippen LogP contribution in [0.4, 0.5) is 5.69 Å². The molecule has 0 unspecified atom stereocenters. The van der Waals surface area contributed by atoms with Gasteiger partial charge in [0.1, 0.15) is 0 Å². The molecule has 1 N–H and O–H groups in total. The van der Waals surface area contributed by atoms with Crippen molar-refractivity contribution in [2.24, 2.45) is 11.0 Å². The van der Waals surface area contributed by atoms with Crippen molar-refractivity contribution < 1.29 is 9.59 Å². The Morgan fingerprint density at radius 1 is 1.03 bits per heavy atom. The second-order valence-electron chi connectivity index (χ2n) is 8.21. The minimum Gasteiger partial charge on any atom is -0.368 e. The highest BCUT2D eigenvalue weighted by molar-refractivity contribution is 6.05. The van der Waals surface area contributed by atoms with Gasteiger partial charge in [-0.25, -0.2) is 5.43 Å². The van der Waals surface area contributed by atoms with Gasteiger partial charge in [-0.15, -0.1) is 0 Å². The Labute approximate surface area is 177 Å². The lowest BCUT2D eigenvalue weighted by Gasteiger charge is -2.36. The summed E-state index contributed by atoms with van der Waals surface area (Å²) in [5, 5.41) is 4.23. The molecule has 2 aliphatic heterocycles. The number of piperazine rings is 1. The molecule has 0 aliphatic carbocycles. The van der Waals surface area contributed by atoms with Gasteiger partial charge in [-0.2, -0.15) is 5.10 Å². The second kappa shape index (κ2) is 8.69. The fraction of sp³-hybridized carbons (Fsp3) is 0.375. The SMILES string of the molecule is Cc1ccc(CC(=O)N2CCN(c3ccc(C4=NNC(=O)C[C@H]4C)cc3)CC2)cc1. The first-order valence-corrected chi connectivity index (χ1v) is 10.5. The van der Waals surface area contributed by atoms with Crippen LogP contribution in [0.3, 0.4) is 0 Å². The van der Waals surface area contributed by atoms with Crippen LogP contribution in [0.15, 0.2) is 53.6 Å². The van der Waals surface area contributed by atoms with Crippen molar-refractivity contribution in [3.05, 3.63) is 65.2 Å². The number of nitrogens with one attached hydrogen (secondary N) is 1. The van der Waals surface area contributed by atoms with Crippen LogP contribution in [0.5, 0.6) is 0 Å². The number of hydrogen-bond acceptors (Lipinski definition) is 4. The van der Waals surface area contributed by atoms with Crippen molar-refractivity contribution in [3.8, 4) is 0 Å². The molecule has 0 saturated carbocycles. The average Bonchev–Trinajstić information content (AvgIpc) is 2.76. The molecule has 1 saturated heterocycles. The molecule has 6 nitrogen and oxygen atoms in total. The molecule has 1 fully saturated rings. The molecular formula is C24H28N4O2. The minimum absolute atomic E-state index is 0.0299. The van der Waals surface area contributed by atoms with Crippen LogP contribution in [-0.4, -0.2) is 48.6 Å². The van der Waals surface area contributed by atoms with Crippen molar-refractivity contribution >= 4 is 23.2 Å². The molecular weight excluding hydrogens is 376 g/mol. The van der Waals surface area contributed by atoms with Gasteiger partial charge in [-0.3, -0.25) is 9.59 Å². The zero-order valence-electron chi connectivity index (χ0n) is 17.6. The van der Waals surface area contributed by atoms with Gasteiger partial charge in [-0.05, 0) is 30.2 Å². The van der Waals surface area contributed by atoms with E-state index in [-0.39, 0.29) is 17.7 Å². The van der Waals surface area contributed by atoms with Crippen LogP contribution in [0.25, 0.3) is 0 Å². The van der Waals surface area contributed by atoms with E-state index in [1.807, 2.05) is 24.0 Å². The number of hydrogen-bond donors (Lipinski definition) is 1. The quantitative estimate of drug-likeness (QED) is 0.852. The number of nitrogens with zero attached hydrogens (tertiary/aromatic N) is 3. The van der Waals surface area contributed by atoms with E-state index in [0.717, 1.165) is 48.7 Å². The summed E-state index contributed by atoms with van der Waals surface area (Å²) < 4.78 is 0. The Kier molecular flexibility index (Phi) is 5.84. The van der Waals surface area contributed by atoms with Crippen molar-refractivity contribution in [3.63, 3.8) is 0 Å². The van der Waals surface area contributed by atoms with Gasteiger partial charge in [0.05, 0.1) is 12.1 Å². The lowest BCUT2D eigenvalue weighted by Crippen LogP contribution is -2.49. The Balaban J connectivity index is 1.33. The summed E-state index contributed by atoms with van der Waals surface area (Å²) in [4.78, 5) is 28.4. The molecule has 2 heterocycles. The lowest BCUT2D eigenvalue weighted by atomic mass is 9.94. The summed E-state index contributed by atoms with van der Waals surface area (Å²) in [5.74, 6) is 0.283. The predicted molar refractivity (Wildman–Crippen MR) is 119 cm³/mol. The summed E-state index contributed by atoms with van der Waals surface area (Å²) in [6.45, 7) is 7.21. The van der Waals surface area contributed by atoms with Crippen molar-refractivity contribution in [1.29, 1.82) is 0 Å². The third-order valence-electron chi connectivity index (χ3n) is 5.90. The van der Waals surface area contributed by atoms with E-state index >= 15 is 0 Å². The Morgan fingerprint density at radius 2 is 1.70 bits per heavy atom. The molecule has 2 amide bonds. The van der Waals surface area contributed by atoms with E-state index in [4.69, 9.17) is 0 Å². The third kappa shape index (κ3) is 4.53. The van der Waals surface area contributed by atoms with E-state index in [1.54, 1.807) is 0 Å². The number of anilines is 1. The van der Waals surface area contributed by atoms with E-state index < -0.39 is 0 Å². The molecule has 6 heteroatoms. The summed E-state index contributed by atoms with van der Waals surface area (Å²) in [7, 11) is 0. The van der Waals surface area contributed by atoms with Gasteiger partial charge >= 0.3 is 0 Å². The van der Waals surface area contributed by atoms with Gasteiger partial charge in [0.15, 0.2) is 0 Å². The maximum Gasteiger partial charge on any atom is 0.240 e. The molecule has 0 spiro atoms. The number of aryl methyl sites for hydroxylation is 1. The molecule has 2 aliphatic rings. The van der Waals surface area contributed by atoms with Gasteiger partial charge in [0.25, 0.3) is 0 Å². The standard InChI is InChI=1S/C24H28N4O2/c1-17-3-5-19(6-4-17)16-23(30)28-13-11-27(12-14-28)21-9-7-20(8-10-21)24-18(2)15-22(29)25-26-24/h3-10,18H,11-16H2,1-2H3,(H,25,29)/t18-/m1/s1. The summed E-state index contributed by atoms with van der Waals surface area (Å²) in [6, 6.07) is 16.5. The molecule has 0 bridgehead atoms. The van der Waals surface area contributed by atoms with Gasteiger partial charge in [0, 0.05) is 44.2 Å². The Hall–Kier alpha value is -3.15. The average molecular weight is 405 g/mol. The molecule has 2 aromatic carbocycles. The highest BCUT2D eigenvalue weighted by atomic mass is 16.2. The van der Waals surface area contributed by atoms with Crippen LogP contribution in [0.2, 0.25) is 0 Å². The Morgan fingerprint density at radius 3 is 2.33 bits per heavy atom. The first-order chi connectivity index (χ1) is 14.5. The van der Waals surface area contributed by atoms with Crippen LogP contribution < -0.4 is 10.3 Å². The first-order valence-electron chi connectivity index (χ1n) is 10.5. The summed E-state index contributed by atoms with van der Waals surface area (Å²) in [6.07, 6.45) is 0.935. The molecule has 2 aromatic rings. The largest absolute Gasteiger partial charge is 0.368 e. The minimum atomic E-state index is -0.0299. The highest BCUT2D eigenvalue weighted by Gasteiger charge is 2.23. The van der Waals surface area contributed by atoms with Crippen LogP contribution in [0.1, 0.15) is 30.0 Å². The molecule has 4 rings (SSSR count). The number of benzene rings is 2. The van der Waals surface area contributed by atoms with Crippen molar-refractivity contribution in [1.82, 2.24) is 10.3 Å². The maximum absolute atomic E-state index is 12.6. The van der Waals surface area contributed by atoms with Gasteiger partial charge in [0.2, 0.25) is 11.8 Å². The number of rotatable bonds is 4. The van der Waals surface area contributed by atoms with Crippen molar-refractivity contribution in [2.45, 2.75) is 26.7 Å². The normalized spacial score (nSPS) is 19.3.